The third kappa shape index (κ3) is 13.2. The summed E-state index contributed by atoms with van der Waals surface area (Å²) in [6.45, 7) is 11.1. The Bertz CT molecular complexity index is 307. The molecule has 0 bridgehead atoms. The summed E-state index contributed by atoms with van der Waals surface area (Å²) in [4.78, 5) is 23.1. The van der Waals surface area contributed by atoms with Crippen molar-refractivity contribution in [1.82, 2.24) is 5.32 Å². The van der Waals surface area contributed by atoms with Crippen LogP contribution in [0.5, 0.6) is 0 Å². The Hall–Kier alpha value is -0.160. The summed E-state index contributed by atoms with van der Waals surface area (Å²) in [6, 6.07) is 0. The first kappa shape index (κ1) is 20.8. The average molecular weight is 334 g/mol. The maximum atomic E-state index is 11.7. The fraction of sp³-hybridized carbons (Fsp3) is 0.875. The molecule has 0 radical (unpaired) electrons. The van der Waals surface area contributed by atoms with Gasteiger partial charge in [-0.25, -0.2) is 0 Å². The van der Waals surface area contributed by atoms with E-state index in [0.717, 1.165) is 25.1 Å². The first-order valence-corrected chi connectivity index (χ1v) is 10.3. The predicted octanol–water partition coefficient (Wildman–Crippen LogP) is 4.31. The average Bonchev–Trinajstić information content (AvgIpc) is 2.40. The van der Waals surface area contributed by atoms with Gasteiger partial charge in [0.05, 0.1) is 0 Å². The number of Topliss-reactive ketones (excluding diaryl/α,β-unsaturated/α-hetero) is 1. The second-order valence-corrected chi connectivity index (χ2v) is 9.10. The molecule has 1 unspecified atom stereocenters. The molecular formula is C16H31NO2S2. The lowest BCUT2D eigenvalue weighted by molar-refractivity contribution is -0.122. The lowest BCUT2D eigenvalue weighted by Crippen LogP contribution is -2.25. The van der Waals surface area contributed by atoms with Crippen molar-refractivity contribution < 1.29 is 9.59 Å². The molecule has 0 aromatic rings. The Kier molecular flexibility index (Phi) is 12.3. The highest BCUT2D eigenvalue weighted by molar-refractivity contribution is 8.76. The van der Waals surface area contributed by atoms with Crippen molar-refractivity contribution in [3.05, 3.63) is 0 Å². The van der Waals surface area contributed by atoms with E-state index in [2.05, 4.69) is 26.1 Å². The molecule has 3 nitrogen and oxygen atoms in total. The SMILES string of the molecule is CC(C)CCNC(=O)CCC(C)SSCCC(=O)C(C)C. The van der Waals surface area contributed by atoms with Gasteiger partial charge >= 0.3 is 0 Å². The summed E-state index contributed by atoms with van der Waals surface area (Å²) in [6.07, 6.45) is 3.18. The molecule has 0 fully saturated rings. The molecule has 0 aliphatic heterocycles. The topological polar surface area (TPSA) is 46.2 Å². The zero-order valence-corrected chi connectivity index (χ0v) is 15.7. The van der Waals surface area contributed by atoms with Crippen LogP contribution in [0.2, 0.25) is 0 Å². The van der Waals surface area contributed by atoms with Crippen molar-refractivity contribution in [2.75, 3.05) is 12.3 Å². The van der Waals surface area contributed by atoms with Gasteiger partial charge in [-0.3, -0.25) is 9.59 Å². The highest BCUT2D eigenvalue weighted by atomic mass is 33.1. The van der Waals surface area contributed by atoms with Crippen LogP contribution in [0, 0.1) is 11.8 Å². The molecule has 5 heteroatoms. The number of hydrogen-bond donors (Lipinski definition) is 1. The third-order valence-corrected chi connectivity index (χ3v) is 6.09. The highest BCUT2D eigenvalue weighted by Crippen LogP contribution is 2.29. The Morgan fingerprint density at radius 1 is 1.00 bits per heavy atom. The van der Waals surface area contributed by atoms with Gasteiger partial charge in [0.15, 0.2) is 0 Å². The van der Waals surface area contributed by atoms with Gasteiger partial charge < -0.3 is 5.32 Å². The molecule has 0 aliphatic rings. The number of ketones is 1. The van der Waals surface area contributed by atoms with Crippen LogP contribution >= 0.6 is 21.6 Å². The molecule has 0 aromatic heterocycles. The fourth-order valence-corrected chi connectivity index (χ4v) is 3.92. The van der Waals surface area contributed by atoms with Crippen molar-refractivity contribution in [2.24, 2.45) is 11.8 Å². The van der Waals surface area contributed by atoms with Gasteiger partial charge in [-0.15, -0.1) is 0 Å². The molecule has 0 heterocycles. The molecule has 0 aromatic carbocycles. The summed E-state index contributed by atoms with van der Waals surface area (Å²) in [5.41, 5.74) is 0. The molecule has 0 spiro atoms. The van der Waals surface area contributed by atoms with Gasteiger partial charge in [0.1, 0.15) is 5.78 Å². The minimum Gasteiger partial charge on any atom is -0.356 e. The van der Waals surface area contributed by atoms with E-state index in [9.17, 15) is 9.59 Å². The molecule has 0 saturated carbocycles. The Balaban J connectivity index is 3.55. The predicted molar refractivity (Wildman–Crippen MR) is 95.7 cm³/mol. The van der Waals surface area contributed by atoms with Crippen LogP contribution in [-0.2, 0) is 9.59 Å². The Labute approximate surface area is 138 Å². The smallest absolute Gasteiger partial charge is 0.220 e. The largest absolute Gasteiger partial charge is 0.356 e. The standard InChI is InChI=1S/C16H31NO2S2/c1-12(2)8-10-17-16(19)7-6-14(5)21-20-11-9-15(18)13(3)4/h12-14H,6-11H2,1-5H3,(H,17,19). The second-order valence-electron chi connectivity index (χ2n) is 6.17. The number of carbonyl (C=O) groups excluding carboxylic acids is 2. The molecule has 124 valence electrons. The monoisotopic (exact) mass is 333 g/mol. The van der Waals surface area contributed by atoms with E-state index in [4.69, 9.17) is 0 Å². The molecular weight excluding hydrogens is 302 g/mol. The van der Waals surface area contributed by atoms with Crippen LogP contribution in [-0.4, -0.2) is 29.2 Å². The van der Waals surface area contributed by atoms with E-state index in [1.54, 1.807) is 21.6 Å². The molecule has 0 aliphatic carbocycles. The summed E-state index contributed by atoms with van der Waals surface area (Å²) in [5, 5.41) is 3.41. The second kappa shape index (κ2) is 12.4. The number of amides is 1. The normalized spacial score (nSPS) is 12.7. The van der Waals surface area contributed by atoms with Crippen molar-refractivity contribution >= 4 is 33.3 Å². The lowest BCUT2D eigenvalue weighted by Gasteiger charge is -2.11. The third-order valence-electron chi connectivity index (χ3n) is 3.13. The van der Waals surface area contributed by atoms with Gasteiger partial charge in [0.2, 0.25) is 5.91 Å². The van der Waals surface area contributed by atoms with E-state index in [-0.39, 0.29) is 11.8 Å². The summed E-state index contributed by atoms with van der Waals surface area (Å²) >= 11 is 0. The van der Waals surface area contributed by atoms with Crippen LogP contribution in [0.1, 0.15) is 60.3 Å². The van der Waals surface area contributed by atoms with E-state index in [1.807, 2.05) is 13.8 Å². The van der Waals surface area contributed by atoms with Crippen LogP contribution in [0.25, 0.3) is 0 Å². The zero-order valence-electron chi connectivity index (χ0n) is 14.1. The number of carbonyl (C=O) groups is 2. The van der Waals surface area contributed by atoms with Gasteiger partial charge in [-0.1, -0.05) is 56.2 Å². The number of nitrogens with one attached hydrogen (secondary N) is 1. The van der Waals surface area contributed by atoms with E-state index in [0.29, 0.717) is 29.8 Å². The molecule has 0 saturated heterocycles. The maximum Gasteiger partial charge on any atom is 0.220 e. The Morgan fingerprint density at radius 3 is 2.24 bits per heavy atom. The highest BCUT2D eigenvalue weighted by Gasteiger charge is 2.10. The van der Waals surface area contributed by atoms with E-state index < -0.39 is 0 Å². The minimum absolute atomic E-state index is 0.141. The van der Waals surface area contributed by atoms with Crippen molar-refractivity contribution in [3.8, 4) is 0 Å². The first-order valence-electron chi connectivity index (χ1n) is 7.90. The first-order chi connectivity index (χ1) is 9.82. The van der Waals surface area contributed by atoms with Crippen LogP contribution in [0.4, 0.5) is 0 Å². The van der Waals surface area contributed by atoms with E-state index in [1.165, 1.54) is 0 Å². The fourth-order valence-electron chi connectivity index (χ4n) is 1.57. The summed E-state index contributed by atoms with van der Waals surface area (Å²) < 4.78 is 0. The quantitative estimate of drug-likeness (QED) is 0.427. The van der Waals surface area contributed by atoms with Crippen LogP contribution in [0.3, 0.4) is 0 Å². The van der Waals surface area contributed by atoms with Crippen molar-refractivity contribution in [1.29, 1.82) is 0 Å². The summed E-state index contributed by atoms with van der Waals surface area (Å²) in [5.74, 6) is 2.13. The zero-order chi connectivity index (χ0) is 16.3. The van der Waals surface area contributed by atoms with Gasteiger partial charge in [0, 0.05) is 36.3 Å². The summed E-state index contributed by atoms with van der Waals surface area (Å²) in [7, 11) is 3.53. The number of hydrogen-bond acceptors (Lipinski definition) is 4. The van der Waals surface area contributed by atoms with E-state index >= 15 is 0 Å². The van der Waals surface area contributed by atoms with Gasteiger partial charge in [-0.05, 0) is 18.8 Å². The maximum absolute atomic E-state index is 11.7. The van der Waals surface area contributed by atoms with Crippen LogP contribution in [0.15, 0.2) is 0 Å². The van der Waals surface area contributed by atoms with Gasteiger partial charge in [-0.2, -0.15) is 0 Å². The number of rotatable bonds is 12. The molecule has 1 N–H and O–H groups in total. The molecule has 1 amide bonds. The van der Waals surface area contributed by atoms with Crippen molar-refractivity contribution in [2.45, 2.75) is 65.6 Å². The molecule has 0 rings (SSSR count). The van der Waals surface area contributed by atoms with Crippen molar-refractivity contribution in [3.63, 3.8) is 0 Å². The lowest BCUT2D eigenvalue weighted by atomic mass is 10.1. The van der Waals surface area contributed by atoms with Crippen LogP contribution < -0.4 is 5.32 Å². The van der Waals surface area contributed by atoms with Gasteiger partial charge in [0.25, 0.3) is 0 Å². The minimum atomic E-state index is 0.141. The molecule has 1 atom stereocenters. The Morgan fingerprint density at radius 2 is 1.67 bits per heavy atom. The molecule has 21 heavy (non-hydrogen) atoms.